The van der Waals surface area contributed by atoms with E-state index in [2.05, 4.69) is 0 Å². The van der Waals surface area contributed by atoms with Gasteiger partial charge in [-0.15, -0.1) is 0 Å². The first-order valence-electron chi connectivity index (χ1n) is 12.7. The largest absolute Gasteiger partial charge is 0.507 e. The Bertz CT molecular complexity index is 1100. The van der Waals surface area contributed by atoms with Crippen molar-refractivity contribution >= 4 is 17.4 Å². The first-order chi connectivity index (χ1) is 17.0. The third-order valence-electron chi connectivity index (χ3n) is 6.87. The first-order valence-corrected chi connectivity index (χ1v) is 12.7. The van der Waals surface area contributed by atoms with Gasteiger partial charge in [0.1, 0.15) is 17.3 Å². The van der Waals surface area contributed by atoms with Gasteiger partial charge in [0.05, 0.1) is 24.8 Å². The number of aliphatic hydroxyl groups excluding tert-OH is 1. The van der Waals surface area contributed by atoms with E-state index in [0.29, 0.717) is 18.8 Å². The number of aryl methyl sites for hydroxylation is 1. The zero-order valence-electron chi connectivity index (χ0n) is 20.9. The molecule has 1 heterocycles. The van der Waals surface area contributed by atoms with Crippen molar-refractivity contribution < 1.29 is 24.2 Å². The summed E-state index contributed by atoms with van der Waals surface area (Å²) in [6, 6.07) is 12.2. The van der Waals surface area contributed by atoms with Crippen molar-refractivity contribution in [3.63, 3.8) is 0 Å². The molecule has 2 aliphatic rings. The van der Waals surface area contributed by atoms with Crippen LogP contribution in [0.5, 0.6) is 11.5 Å². The number of ketones is 1. The lowest BCUT2D eigenvalue weighted by molar-refractivity contribution is -0.141. The minimum Gasteiger partial charge on any atom is -0.507 e. The minimum atomic E-state index is -0.634. The van der Waals surface area contributed by atoms with Gasteiger partial charge in [0, 0.05) is 11.6 Å². The lowest BCUT2D eigenvalue weighted by atomic mass is 9.91. The summed E-state index contributed by atoms with van der Waals surface area (Å²) in [7, 11) is 0. The minimum absolute atomic E-state index is 0.0198. The third kappa shape index (κ3) is 5.07. The molecule has 0 bridgehead atoms. The van der Waals surface area contributed by atoms with Crippen LogP contribution >= 0.6 is 0 Å². The number of amides is 1. The van der Waals surface area contributed by atoms with Crippen LogP contribution in [0.3, 0.4) is 0 Å². The molecule has 2 aromatic rings. The second kappa shape index (κ2) is 11.0. The van der Waals surface area contributed by atoms with E-state index in [1.807, 2.05) is 57.2 Å². The van der Waals surface area contributed by atoms with E-state index >= 15 is 0 Å². The van der Waals surface area contributed by atoms with Crippen molar-refractivity contribution in [1.82, 2.24) is 4.90 Å². The van der Waals surface area contributed by atoms with Crippen molar-refractivity contribution in [3.05, 3.63) is 64.7 Å². The summed E-state index contributed by atoms with van der Waals surface area (Å²) in [6.45, 7) is 7.04. The Morgan fingerprint density at radius 3 is 2.34 bits per heavy atom. The molecule has 4 rings (SSSR count). The highest BCUT2D eigenvalue weighted by Crippen LogP contribution is 2.43. The molecule has 0 spiro atoms. The lowest BCUT2D eigenvalue weighted by Gasteiger charge is -2.35. The number of nitrogens with zero attached hydrogens (tertiary/aromatic N) is 1. The van der Waals surface area contributed by atoms with E-state index in [1.165, 1.54) is 0 Å². The number of carbonyl (C=O) groups excluding carboxylic acids is 2. The van der Waals surface area contributed by atoms with E-state index < -0.39 is 17.7 Å². The monoisotopic (exact) mass is 477 g/mol. The summed E-state index contributed by atoms with van der Waals surface area (Å²) in [5, 5.41) is 11.4. The maximum atomic E-state index is 13.4. The Morgan fingerprint density at radius 1 is 1.00 bits per heavy atom. The second-order valence-corrected chi connectivity index (χ2v) is 9.33. The Labute approximate surface area is 207 Å². The smallest absolute Gasteiger partial charge is 0.295 e. The third-order valence-corrected chi connectivity index (χ3v) is 6.87. The number of carbonyl (C=O) groups is 2. The maximum absolute atomic E-state index is 13.4. The fourth-order valence-electron chi connectivity index (χ4n) is 5.15. The van der Waals surface area contributed by atoms with Gasteiger partial charge >= 0.3 is 0 Å². The van der Waals surface area contributed by atoms with Gasteiger partial charge in [0.15, 0.2) is 0 Å². The molecule has 1 amide bonds. The van der Waals surface area contributed by atoms with Gasteiger partial charge in [0.25, 0.3) is 11.7 Å². The second-order valence-electron chi connectivity index (χ2n) is 9.33. The Kier molecular flexibility index (Phi) is 7.79. The topological polar surface area (TPSA) is 76.1 Å². The molecule has 1 aliphatic carbocycles. The number of Topliss-reactive ketones (excluding diaryl/α,β-unsaturated/α-hetero) is 1. The molecule has 0 aromatic heterocycles. The molecule has 1 saturated heterocycles. The van der Waals surface area contributed by atoms with Crippen molar-refractivity contribution in [2.75, 3.05) is 13.2 Å². The van der Waals surface area contributed by atoms with E-state index in [4.69, 9.17) is 9.47 Å². The van der Waals surface area contributed by atoms with Crippen LogP contribution in [0.1, 0.15) is 75.1 Å². The van der Waals surface area contributed by atoms with Crippen LogP contribution in [0, 0.1) is 6.92 Å². The molecular formula is C29H35NO5. The maximum Gasteiger partial charge on any atom is 0.295 e. The Balaban J connectivity index is 1.79. The number of benzene rings is 2. The highest BCUT2D eigenvalue weighted by molar-refractivity contribution is 6.46. The molecule has 0 radical (unpaired) electrons. The Morgan fingerprint density at radius 2 is 1.71 bits per heavy atom. The van der Waals surface area contributed by atoms with Crippen molar-refractivity contribution in [2.45, 2.75) is 71.4 Å². The number of ether oxygens (including phenoxy) is 2. The van der Waals surface area contributed by atoms with E-state index in [9.17, 15) is 14.7 Å². The molecule has 1 N–H and O–H groups in total. The zero-order valence-corrected chi connectivity index (χ0v) is 20.9. The molecule has 1 aliphatic heterocycles. The summed E-state index contributed by atoms with van der Waals surface area (Å²) in [5.41, 5.74) is 2.30. The van der Waals surface area contributed by atoms with Crippen LogP contribution in [0.4, 0.5) is 0 Å². The molecule has 2 fully saturated rings. The van der Waals surface area contributed by atoms with Gasteiger partial charge < -0.3 is 19.5 Å². The number of hydrogen-bond acceptors (Lipinski definition) is 5. The van der Waals surface area contributed by atoms with Gasteiger partial charge in [-0.2, -0.15) is 0 Å². The molecule has 2 aromatic carbocycles. The number of aliphatic hydroxyl groups is 1. The van der Waals surface area contributed by atoms with Crippen LogP contribution in [0.15, 0.2) is 48.0 Å². The van der Waals surface area contributed by atoms with Crippen molar-refractivity contribution in [1.29, 1.82) is 0 Å². The predicted octanol–water partition coefficient (Wildman–Crippen LogP) is 5.94. The predicted molar refractivity (Wildman–Crippen MR) is 136 cm³/mol. The van der Waals surface area contributed by atoms with Gasteiger partial charge in [0.2, 0.25) is 0 Å². The SMILES string of the molecule is CCCOc1ccc(/C(O)=C2/C(=O)C(=O)N(C3CCCCC3)C2c2ccc(OCC)cc2)cc1C. The molecule has 1 unspecified atom stereocenters. The van der Waals surface area contributed by atoms with Crippen LogP contribution in [0.25, 0.3) is 5.76 Å². The molecule has 6 heteroatoms. The summed E-state index contributed by atoms with van der Waals surface area (Å²) in [4.78, 5) is 28.4. The summed E-state index contributed by atoms with van der Waals surface area (Å²) < 4.78 is 11.3. The molecule has 1 saturated carbocycles. The van der Waals surface area contributed by atoms with E-state index in [0.717, 1.165) is 61.2 Å². The number of hydrogen-bond donors (Lipinski definition) is 1. The first kappa shape index (κ1) is 24.8. The van der Waals surface area contributed by atoms with Crippen molar-refractivity contribution in [3.8, 4) is 11.5 Å². The van der Waals surface area contributed by atoms with Crippen LogP contribution in [-0.4, -0.2) is 41.0 Å². The standard InChI is InChI=1S/C29H35NO5/c1-4-17-35-24-16-13-21(18-19(24)3)27(31)25-26(20-11-14-23(15-12-20)34-5-2)30(29(33)28(25)32)22-9-7-6-8-10-22/h11-16,18,22,26,31H,4-10,17H2,1-3H3/b27-25-. The fourth-order valence-corrected chi connectivity index (χ4v) is 5.15. The van der Waals surface area contributed by atoms with Crippen LogP contribution < -0.4 is 9.47 Å². The van der Waals surface area contributed by atoms with Gasteiger partial charge in [-0.1, -0.05) is 38.3 Å². The highest BCUT2D eigenvalue weighted by atomic mass is 16.5. The fraction of sp³-hybridized carbons (Fsp3) is 0.448. The molecule has 35 heavy (non-hydrogen) atoms. The summed E-state index contributed by atoms with van der Waals surface area (Å²) >= 11 is 0. The lowest BCUT2D eigenvalue weighted by Crippen LogP contribution is -2.40. The van der Waals surface area contributed by atoms with Gasteiger partial charge in [-0.25, -0.2) is 0 Å². The molecule has 1 atom stereocenters. The highest BCUT2D eigenvalue weighted by Gasteiger charge is 2.48. The number of rotatable bonds is 8. The van der Waals surface area contributed by atoms with Crippen LogP contribution in [-0.2, 0) is 9.59 Å². The Hall–Kier alpha value is -3.28. The number of likely N-dealkylation sites (tertiary alicyclic amines) is 1. The molecular weight excluding hydrogens is 442 g/mol. The summed E-state index contributed by atoms with van der Waals surface area (Å²) in [6.07, 6.45) is 5.82. The average Bonchev–Trinajstić information content (AvgIpc) is 3.14. The molecule has 6 nitrogen and oxygen atoms in total. The van der Waals surface area contributed by atoms with Gasteiger partial charge in [-0.3, -0.25) is 9.59 Å². The quantitative estimate of drug-likeness (QED) is 0.289. The van der Waals surface area contributed by atoms with Crippen LogP contribution in [0.2, 0.25) is 0 Å². The van der Waals surface area contributed by atoms with Crippen molar-refractivity contribution in [2.24, 2.45) is 0 Å². The zero-order chi connectivity index (χ0) is 24.9. The van der Waals surface area contributed by atoms with Gasteiger partial charge in [-0.05, 0) is 74.6 Å². The van der Waals surface area contributed by atoms with E-state index in [1.54, 1.807) is 11.0 Å². The average molecular weight is 478 g/mol. The molecule has 186 valence electrons. The summed E-state index contributed by atoms with van der Waals surface area (Å²) in [5.74, 6) is 0.164. The van der Waals surface area contributed by atoms with E-state index in [-0.39, 0.29) is 17.4 Å². The normalized spacial score (nSPS) is 20.3.